The summed E-state index contributed by atoms with van der Waals surface area (Å²) in [6, 6.07) is 25.1. The number of carboxylic acid groups (broad SMARTS) is 1. The first-order chi connectivity index (χ1) is 17.0. The van der Waals surface area contributed by atoms with Gasteiger partial charge in [-0.2, -0.15) is 0 Å². The summed E-state index contributed by atoms with van der Waals surface area (Å²) in [4.78, 5) is 24.5. The summed E-state index contributed by atoms with van der Waals surface area (Å²) in [5, 5.41) is 9.54. The van der Waals surface area contributed by atoms with Crippen molar-refractivity contribution < 1.29 is 28.9 Å². The maximum absolute atomic E-state index is 12.8. The van der Waals surface area contributed by atoms with Crippen molar-refractivity contribution in [3.8, 4) is 11.5 Å². The largest absolute Gasteiger partial charge is 0.497 e. The number of ether oxygens (including phenoxy) is 3. The molecule has 3 aromatic carbocycles. The van der Waals surface area contributed by atoms with Gasteiger partial charge in [-0.25, -0.2) is 0 Å². The third-order valence-corrected chi connectivity index (χ3v) is 6.77. The normalized spacial score (nSPS) is 20.5. The molecule has 0 aromatic heterocycles. The molecule has 0 aliphatic heterocycles. The number of para-hydroxylation sites is 2. The van der Waals surface area contributed by atoms with E-state index in [1.165, 1.54) is 11.1 Å². The highest BCUT2D eigenvalue weighted by atomic mass is 16.5. The van der Waals surface area contributed by atoms with Crippen LogP contribution in [0.4, 0.5) is 0 Å². The number of carbonyl (C=O) groups is 2. The molecule has 0 bridgehead atoms. The van der Waals surface area contributed by atoms with Crippen LogP contribution in [-0.2, 0) is 27.2 Å². The second-order valence-corrected chi connectivity index (χ2v) is 8.81. The van der Waals surface area contributed by atoms with E-state index in [0.29, 0.717) is 12.2 Å². The molecule has 6 nitrogen and oxygen atoms in total. The number of aliphatic carboxylic acids is 1. The van der Waals surface area contributed by atoms with Gasteiger partial charge >= 0.3 is 11.9 Å². The first-order valence-electron chi connectivity index (χ1n) is 11.7. The van der Waals surface area contributed by atoms with Crippen molar-refractivity contribution in [3.05, 3.63) is 95.6 Å². The SMILES string of the molecule is COc1ccccc1.COc1ccccc1C1C(C(=O)O)C[C@H]1C(=O)OC1Cc2ccccc2C1. The summed E-state index contributed by atoms with van der Waals surface area (Å²) >= 11 is 0. The van der Waals surface area contributed by atoms with Gasteiger partial charge in [-0.1, -0.05) is 60.7 Å². The molecule has 3 atom stereocenters. The lowest BCUT2D eigenvalue weighted by atomic mass is 9.61. The minimum absolute atomic E-state index is 0.169. The molecule has 3 aromatic rings. The minimum atomic E-state index is -0.886. The fourth-order valence-corrected chi connectivity index (χ4v) is 4.93. The van der Waals surface area contributed by atoms with Gasteiger partial charge in [0.05, 0.1) is 26.1 Å². The summed E-state index contributed by atoms with van der Waals surface area (Å²) in [5.74, 6) is -1.14. The van der Waals surface area contributed by atoms with Gasteiger partial charge in [0, 0.05) is 18.8 Å². The van der Waals surface area contributed by atoms with Crippen molar-refractivity contribution in [2.45, 2.75) is 31.3 Å². The molecule has 182 valence electrons. The molecule has 2 aliphatic carbocycles. The van der Waals surface area contributed by atoms with E-state index in [1.54, 1.807) is 20.3 Å². The van der Waals surface area contributed by atoms with E-state index < -0.39 is 23.7 Å². The molecular formula is C29H30O6. The third-order valence-electron chi connectivity index (χ3n) is 6.77. The van der Waals surface area contributed by atoms with Gasteiger partial charge in [0.15, 0.2) is 0 Å². The standard InChI is InChI=1S/C22H22O5.C7H8O/c1-26-19-9-5-4-8-16(19)20-17(21(23)24)12-18(20)22(25)27-15-10-13-6-2-3-7-14(13)11-15;1-8-7-5-3-2-4-6-7/h2-9,15,17-18,20H,10-12H2,1H3,(H,23,24);2-6H,1H3/t17?,18-,20?;/m1./s1. The highest BCUT2D eigenvalue weighted by Gasteiger charge is 2.52. The molecule has 1 N–H and O–H groups in total. The van der Waals surface area contributed by atoms with Crippen LogP contribution in [0.25, 0.3) is 0 Å². The molecule has 1 saturated carbocycles. The number of benzene rings is 3. The topological polar surface area (TPSA) is 82.1 Å². The van der Waals surface area contributed by atoms with Crippen LogP contribution in [0.3, 0.4) is 0 Å². The van der Waals surface area contributed by atoms with Crippen molar-refractivity contribution in [1.29, 1.82) is 0 Å². The van der Waals surface area contributed by atoms with E-state index in [2.05, 4.69) is 12.1 Å². The Morgan fingerprint density at radius 1 is 0.771 bits per heavy atom. The smallest absolute Gasteiger partial charge is 0.309 e. The van der Waals surface area contributed by atoms with E-state index in [0.717, 1.165) is 24.2 Å². The van der Waals surface area contributed by atoms with Crippen LogP contribution in [0.15, 0.2) is 78.9 Å². The second kappa shape index (κ2) is 11.1. The molecule has 2 unspecified atom stereocenters. The summed E-state index contributed by atoms with van der Waals surface area (Å²) in [6.45, 7) is 0. The molecule has 2 aliphatic rings. The average molecular weight is 475 g/mol. The minimum Gasteiger partial charge on any atom is -0.497 e. The zero-order valence-corrected chi connectivity index (χ0v) is 19.9. The molecule has 0 radical (unpaired) electrons. The Morgan fingerprint density at radius 2 is 1.37 bits per heavy atom. The van der Waals surface area contributed by atoms with Gasteiger partial charge in [0.2, 0.25) is 0 Å². The van der Waals surface area contributed by atoms with Gasteiger partial charge in [-0.05, 0) is 41.3 Å². The fourth-order valence-electron chi connectivity index (χ4n) is 4.93. The van der Waals surface area contributed by atoms with Gasteiger partial charge in [-0.15, -0.1) is 0 Å². The highest BCUT2D eigenvalue weighted by molar-refractivity contribution is 5.82. The summed E-state index contributed by atoms with van der Waals surface area (Å²) in [5.41, 5.74) is 3.19. The number of hydrogen-bond donors (Lipinski definition) is 1. The highest BCUT2D eigenvalue weighted by Crippen LogP contribution is 2.51. The quantitative estimate of drug-likeness (QED) is 0.512. The van der Waals surface area contributed by atoms with Gasteiger partial charge < -0.3 is 19.3 Å². The predicted octanol–water partition coefficient (Wildman–Crippen LogP) is 4.91. The van der Waals surface area contributed by atoms with E-state index in [-0.39, 0.29) is 12.1 Å². The maximum atomic E-state index is 12.8. The van der Waals surface area contributed by atoms with Crippen LogP contribution in [0.1, 0.15) is 29.0 Å². The monoisotopic (exact) mass is 474 g/mol. The lowest BCUT2D eigenvalue weighted by Gasteiger charge is -2.41. The molecule has 6 heteroatoms. The van der Waals surface area contributed by atoms with Gasteiger partial charge in [0.1, 0.15) is 17.6 Å². The van der Waals surface area contributed by atoms with E-state index >= 15 is 0 Å². The number of carboxylic acids is 1. The number of fused-ring (bicyclic) bond motifs is 1. The van der Waals surface area contributed by atoms with Crippen LogP contribution in [0.5, 0.6) is 11.5 Å². The van der Waals surface area contributed by atoms with E-state index in [1.807, 2.05) is 60.7 Å². The van der Waals surface area contributed by atoms with Crippen molar-refractivity contribution in [2.24, 2.45) is 11.8 Å². The van der Waals surface area contributed by atoms with Crippen LogP contribution >= 0.6 is 0 Å². The summed E-state index contributed by atoms with van der Waals surface area (Å²) in [6.07, 6.45) is 1.57. The molecule has 5 rings (SSSR count). The zero-order chi connectivity index (χ0) is 24.8. The lowest BCUT2D eigenvalue weighted by molar-refractivity contribution is -0.164. The van der Waals surface area contributed by atoms with Crippen molar-refractivity contribution in [1.82, 2.24) is 0 Å². The van der Waals surface area contributed by atoms with E-state index in [4.69, 9.17) is 14.2 Å². The van der Waals surface area contributed by atoms with Crippen LogP contribution in [0.2, 0.25) is 0 Å². The van der Waals surface area contributed by atoms with Gasteiger partial charge in [-0.3, -0.25) is 9.59 Å². The zero-order valence-electron chi connectivity index (χ0n) is 19.9. The Kier molecular flexibility index (Phi) is 7.70. The first kappa shape index (κ1) is 24.3. The Bertz CT molecular complexity index is 1130. The maximum Gasteiger partial charge on any atom is 0.309 e. The molecule has 35 heavy (non-hydrogen) atoms. The number of carbonyl (C=O) groups excluding carboxylic acids is 1. The first-order valence-corrected chi connectivity index (χ1v) is 11.7. The predicted molar refractivity (Wildman–Crippen MR) is 132 cm³/mol. The van der Waals surface area contributed by atoms with Gasteiger partial charge in [0.25, 0.3) is 0 Å². The number of rotatable bonds is 6. The van der Waals surface area contributed by atoms with Crippen LogP contribution in [-0.4, -0.2) is 37.4 Å². The molecular weight excluding hydrogens is 444 g/mol. The molecule has 1 fully saturated rings. The molecule has 0 saturated heterocycles. The Balaban J connectivity index is 0.000000308. The average Bonchev–Trinajstić information content (AvgIpc) is 3.26. The Morgan fingerprint density at radius 3 is 1.94 bits per heavy atom. The number of hydrogen-bond acceptors (Lipinski definition) is 5. The second-order valence-electron chi connectivity index (χ2n) is 8.81. The number of methoxy groups -OCH3 is 2. The van der Waals surface area contributed by atoms with Crippen molar-refractivity contribution in [2.75, 3.05) is 14.2 Å². The lowest BCUT2D eigenvalue weighted by Crippen LogP contribution is -2.45. The molecule has 0 spiro atoms. The number of esters is 1. The summed E-state index contributed by atoms with van der Waals surface area (Å²) in [7, 11) is 3.21. The van der Waals surface area contributed by atoms with Crippen LogP contribution in [0, 0.1) is 11.8 Å². The summed E-state index contributed by atoms with van der Waals surface area (Å²) < 4.78 is 16.1. The molecule has 0 heterocycles. The Hall–Kier alpha value is -3.80. The van der Waals surface area contributed by atoms with Crippen molar-refractivity contribution in [3.63, 3.8) is 0 Å². The van der Waals surface area contributed by atoms with Crippen LogP contribution < -0.4 is 9.47 Å². The third kappa shape index (κ3) is 5.48. The van der Waals surface area contributed by atoms with Crippen molar-refractivity contribution >= 4 is 11.9 Å². The van der Waals surface area contributed by atoms with E-state index in [9.17, 15) is 14.7 Å². The Labute approximate surface area is 205 Å². The fraction of sp³-hybridized carbons (Fsp3) is 0.310. The molecule has 0 amide bonds.